The van der Waals surface area contributed by atoms with Gasteiger partial charge in [0.25, 0.3) is 0 Å². The quantitative estimate of drug-likeness (QED) is 0.166. The van der Waals surface area contributed by atoms with Gasteiger partial charge in [-0.05, 0) is 114 Å². The number of amides is 4. The zero-order valence-electron chi connectivity index (χ0n) is 31.8. The van der Waals surface area contributed by atoms with Crippen molar-refractivity contribution in [2.45, 2.75) is 70.1 Å². The Morgan fingerprint density at radius 3 is 1.91 bits per heavy atom. The van der Waals surface area contributed by atoms with Gasteiger partial charge < -0.3 is 25.4 Å². The number of nitrogens with zero attached hydrogens (tertiary/aromatic N) is 4. The van der Waals surface area contributed by atoms with Gasteiger partial charge in [-0.1, -0.05) is 56.3 Å². The standard InChI is InChI=1S/C42H53N7O4/c1-27(2)24-37(46(3)4)41(52)48-22-10-14-35(48)39(50)43-31-18-16-28(17-19-31)34-26-30-25-32(20-21-33(30)45-34)44-40(51)36-15-11-23-49(36)42(53)38(47(5)6)29-12-8-7-9-13-29/h7-9,12-13,16-21,25-27,35-38,45H,10-11,14-15,22-24H2,1-6H3,(H,43,50)(H,44,51)/t35-,36-,37+,38+/m0/s1. The van der Waals surface area contributed by atoms with Crippen molar-refractivity contribution in [2.75, 3.05) is 51.9 Å². The minimum atomic E-state index is -0.540. The van der Waals surface area contributed by atoms with E-state index < -0.39 is 18.1 Å². The Morgan fingerprint density at radius 2 is 1.32 bits per heavy atom. The maximum atomic E-state index is 13.8. The predicted molar refractivity (Wildman–Crippen MR) is 210 cm³/mol. The van der Waals surface area contributed by atoms with Crippen LogP contribution >= 0.6 is 0 Å². The van der Waals surface area contributed by atoms with Crippen LogP contribution in [0.15, 0.2) is 78.9 Å². The molecule has 11 heteroatoms. The largest absolute Gasteiger partial charge is 0.355 e. The molecule has 0 radical (unpaired) electrons. The number of aromatic amines is 1. The van der Waals surface area contributed by atoms with Crippen LogP contribution in [-0.2, 0) is 19.2 Å². The van der Waals surface area contributed by atoms with Crippen molar-refractivity contribution in [3.8, 4) is 11.3 Å². The molecule has 280 valence electrons. The average Bonchev–Trinajstić information content (AvgIpc) is 3.91. The number of benzene rings is 3. The molecule has 2 saturated heterocycles. The molecular weight excluding hydrogens is 667 g/mol. The van der Waals surface area contributed by atoms with Gasteiger partial charge in [0.05, 0.1) is 6.04 Å². The summed E-state index contributed by atoms with van der Waals surface area (Å²) in [6.07, 6.45) is 3.59. The number of hydrogen-bond acceptors (Lipinski definition) is 6. The van der Waals surface area contributed by atoms with Crippen LogP contribution in [0.25, 0.3) is 22.2 Å². The third-order valence-corrected chi connectivity index (χ3v) is 10.5. The van der Waals surface area contributed by atoms with Crippen LogP contribution in [0.1, 0.15) is 57.6 Å². The van der Waals surface area contributed by atoms with Crippen LogP contribution in [0, 0.1) is 5.92 Å². The van der Waals surface area contributed by atoms with Gasteiger partial charge in [0.15, 0.2) is 0 Å². The van der Waals surface area contributed by atoms with Gasteiger partial charge in [-0.3, -0.25) is 29.0 Å². The van der Waals surface area contributed by atoms with E-state index in [0.717, 1.165) is 47.0 Å². The molecule has 0 bridgehead atoms. The Morgan fingerprint density at radius 1 is 0.736 bits per heavy atom. The number of rotatable bonds is 12. The molecule has 2 aliphatic rings. The highest BCUT2D eigenvalue weighted by molar-refractivity contribution is 6.01. The fraction of sp³-hybridized carbons (Fsp3) is 0.429. The molecular formula is C42H53N7O4. The second kappa shape index (κ2) is 16.3. The highest BCUT2D eigenvalue weighted by atomic mass is 16.2. The second-order valence-electron chi connectivity index (χ2n) is 15.3. The van der Waals surface area contributed by atoms with Gasteiger partial charge >= 0.3 is 0 Å². The third kappa shape index (κ3) is 8.47. The number of aromatic nitrogens is 1. The van der Waals surface area contributed by atoms with E-state index in [1.54, 1.807) is 9.80 Å². The van der Waals surface area contributed by atoms with E-state index in [0.29, 0.717) is 43.2 Å². The summed E-state index contributed by atoms with van der Waals surface area (Å²) in [5, 5.41) is 7.04. The lowest BCUT2D eigenvalue weighted by molar-refractivity contribution is -0.141. The van der Waals surface area contributed by atoms with Crippen LogP contribution in [-0.4, -0.2) is 108 Å². The molecule has 1 aromatic heterocycles. The fourth-order valence-electron chi connectivity index (χ4n) is 7.78. The van der Waals surface area contributed by atoms with E-state index in [2.05, 4.69) is 29.5 Å². The maximum absolute atomic E-state index is 13.8. The Hall–Kier alpha value is -5.00. The summed E-state index contributed by atoms with van der Waals surface area (Å²) in [4.78, 5) is 65.0. The van der Waals surface area contributed by atoms with Gasteiger partial charge in [0, 0.05) is 41.1 Å². The first-order valence-electron chi connectivity index (χ1n) is 18.7. The lowest BCUT2D eigenvalue weighted by atomic mass is 10.0. The van der Waals surface area contributed by atoms with E-state index in [4.69, 9.17) is 0 Å². The SMILES string of the molecule is CC(C)C[C@H](C(=O)N1CCC[C@H]1C(=O)Nc1ccc(-c2cc3cc(NC(=O)[C@@H]4CCCN4C(=O)[C@@H](c4ccccc4)N(C)C)ccc3[nH]2)cc1)N(C)C. The molecule has 0 saturated carbocycles. The zero-order chi connectivity index (χ0) is 37.8. The molecule has 3 N–H and O–H groups in total. The molecule has 53 heavy (non-hydrogen) atoms. The smallest absolute Gasteiger partial charge is 0.247 e. The van der Waals surface area contributed by atoms with E-state index in [1.807, 2.05) is 117 Å². The molecule has 2 aliphatic heterocycles. The number of carbonyl (C=O) groups excluding carboxylic acids is 4. The Labute approximate surface area is 312 Å². The molecule has 3 aromatic carbocycles. The highest BCUT2D eigenvalue weighted by Gasteiger charge is 2.39. The van der Waals surface area contributed by atoms with Crippen molar-refractivity contribution in [3.05, 3.63) is 84.4 Å². The van der Waals surface area contributed by atoms with E-state index in [9.17, 15) is 19.2 Å². The van der Waals surface area contributed by atoms with Crippen LogP contribution < -0.4 is 10.6 Å². The Kier molecular flexibility index (Phi) is 11.6. The Bertz CT molecular complexity index is 1920. The first-order chi connectivity index (χ1) is 25.4. The normalized spacial score (nSPS) is 18.6. The highest BCUT2D eigenvalue weighted by Crippen LogP contribution is 2.30. The summed E-state index contributed by atoms with van der Waals surface area (Å²) >= 11 is 0. The molecule has 3 heterocycles. The zero-order valence-corrected chi connectivity index (χ0v) is 31.8. The predicted octanol–water partition coefficient (Wildman–Crippen LogP) is 5.97. The average molecular weight is 720 g/mol. The van der Waals surface area contributed by atoms with Crippen LogP contribution in [0.5, 0.6) is 0 Å². The maximum Gasteiger partial charge on any atom is 0.247 e. The number of H-pyrrole nitrogens is 1. The monoisotopic (exact) mass is 719 g/mol. The molecule has 0 aliphatic carbocycles. The van der Waals surface area contributed by atoms with Crippen molar-refractivity contribution >= 4 is 45.9 Å². The third-order valence-electron chi connectivity index (χ3n) is 10.5. The summed E-state index contributed by atoms with van der Waals surface area (Å²) in [6.45, 7) is 5.36. The molecule has 2 fully saturated rings. The number of carbonyl (C=O) groups is 4. The number of nitrogens with one attached hydrogen (secondary N) is 3. The van der Waals surface area contributed by atoms with Crippen molar-refractivity contribution in [3.63, 3.8) is 0 Å². The molecule has 4 atom stereocenters. The number of likely N-dealkylation sites (N-methyl/N-ethyl adjacent to an activating group) is 2. The number of hydrogen-bond donors (Lipinski definition) is 3. The van der Waals surface area contributed by atoms with E-state index in [1.165, 1.54) is 0 Å². The molecule has 4 amide bonds. The molecule has 0 unspecified atom stereocenters. The van der Waals surface area contributed by atoms with Gasteiger partial charge in [-0.25, -0.2) is 0 Å². The Balaban J connectivity index is 1.09. The summed E-state index contributed by atoms with van der Waals surface area (Å²) in [5.74, 6) is -0.0304. The summed E-state index contributed by atoms with van der Waals surface area (Å²) < 4.78 is 0. The lowest BCUT2D eigenvalue weighted by Crippen LogP contribution is -2.51. The number of fused-ring (bicyclic) bond motifs is 1. The van der Waals surface area contributed by atoms with Gasteiger partial charge in [0.2, 0.25) is 23.6 Å². The van der Waals surface area contributed by atoms with Crippen molar-refractivity contribution < 1.29 is 19.2 Å². The van der Waals surface area contributed by atoms with Crippen LogP contribution in [0.4, 0.5) is 11.4 Å². The lowest BCUT2D eigenvalue weighted by Gasteiger charge is -2.32. The fourth-order valence-corrected chi connectivity index (χ4v) is 7.78. The van der Waals surface area contributed by atoms with Crippen molar-refractivity contribution in [1.29, 1.82) is 0 Å². The van der Waals surface area contributed by atoms with Crippen LogP contribution in [0.3, 0.4) is 0 Å². The summed E-state index contributed by atoms with van der Waals surface area (Å²) in [7, 11) is 7.62. The first-order valence-corrected chi connectivity index (χ1v) is 18.7. The summed E-state index contributed by atoms with van der Waals surface area (Å²) in [5.41, 5.74) is 5.00. The van der Waals surface area contributed by atoms with Crippen molar-refractivity contribution in [2.24, 2.45) is 5.92 Å². The van der Waals surface area contributed by atoms with Crippen LogP contribution in [0.2, 0.25) is 0 Å². The van der Waals surface area contributed by atoms with E-state index >= 15 is 0 Å². The molecule has 11 nitrogen and oxygen atoms in total. The molecule has 6 rings (SSSR count). The number of anilines is 2. The minimum absolute atomic E-state index is 0.0193. The van der Waals surface area contributed by atoms with Gasteiger partial charge in [0.1, 0.15) is 18.1 Å². The van der Waals surface area contributed by atoms with Gasteiger partial charge in [-0.15, -0.1) is 0 Å². The first kappa shape index (κ1) is 37.7. The van der Waals surface area contributed by atoms with E-state index in [-0.39, 0.29) is 29.7 Å². The summed E-state index contributed by atoms with van der Waals surface area (Å²) in [6, 6.07) is 23.4. The van der Waals surface area contributed by atoms with Gasteiger partial charge in [-0.2, -0.15) is 0 Å². The molecule has 0 spiro atoms. The van der Waals surface area contributed by atoms with Crippen molar-refractivity contribution in [1.82, 2.24) is 24.6 Å². The number of likely N-dealkylation sites (tertiary alicyclic amines) is 2. The topological polar surface area (TPSA) is 121 Å². The molecule has 4 aromatic rings. The minimum Gasteiger partial charge on any atom is -0.355 e. The second-order valence-corrected chi connectivity index (χ2v) is 15.3.